The number of carbonyl (C=O) groups is 4. The first-order valence-corrected chi connectivity index (χ1v) is 8.00. The van der Waals surface area contributed by atoms with Crippen LogP contribution in [0, 0.1) is 5.92 Å². The number of hydrogen-bond donors (Lipinski definition) is 2. The van der Waals surface area contributed by atoms with Crippen LogP contribution in [0.5, 0.6) is 0 Å². The van der Waals surface area contributed by atoms with Crippen LogP contribution < -0.4 is 10.7 Å². The maximum atomic E-state index is 12.8. The number of amides is 4. The second kappa shape index (κ2) is 7.33. The van der Waals surface area contributed by atoms with Crippen LogP contribution in [0.25, 0.3) is 0 Å². The molecule has 1 aliphatic rings. The summed E-state index contributed by atoms with van der Waals surface area (Å²) in [6, 6.07) is 8.06. The molecular weight excluding hydrogens is 326 g/mol. The molecule has 1 saturated heterocycles. The van der Waals surface area contributed by atoms with Gasteiger partial charge in [0.1, 0.15) is 5.54 Å². The summed E-state index contributed by atoms with van der Waals surface area (Å²) in [5.74, 6) is -2.28. The molecule has 0 saturated carbocycles. The highest BCUT2D eigenvalue weighted by molar-refractivity contribution is 6.08. The molecule has 2 rings (SSSR count). The third kappa shape index (κ3) is 3.62. The molecule has 1 aromatic rings. The molecule has 0 aromatic heterocycles. The van der Waals surface area contributed by atoms with Crippen molar-refractivity contribution < 1.29 is 23.9 Å². The van der Waals surface area contributed by atoms with Gasteiger partial charge in [-0.25, -0.2) is 4.79 Å². The van der Waals surface area contributed by atoms with E-state index in [-0.39, 0.29) is 5.92 Å². The van der Waals surface area contributed by atoms with Gasteiger partial charge >= 0.3 is 12.0 Å². The minimum atomic E-state index is -1.24. The molecule has 1 aromatic carbocycles. The Morgan fingerprint density at radius 2 is 1.88 bits per heavy atom. The van der Waals surface area contributed by atoms with Gasteiger partial charge in [-0.05, 0) is 12.0 Å². The Kier molecular flexibility index (Phi) is 5.41. The van der Waals surface area contributed by atoms with Crippen molar-refractivity contribution in [1.29, 1.82) is 0 Å². The van der Waals surface area contributed by atoms with Gasteiger partial charge in [0.2, 0.25) is 0 Å². The normalized spacial score (nSPS) is 19.8. The summed E-state index contributed by atoms with van der Waals surface area (Å²) in [6.45, 7) is 4.46. The van der Waals surface area contributed by atoms with E-state index in [9.17, 15) is 19.2 Å². The van der Waals surface area contributed by atoms with Crippen molar-refractivity contribution in [2.24, 2.45) is 5.92 Å². The maximum Gasteiger partial charge on any atom is 0.344 e. The predicted molar refractivity (Wildman–Crippen MR) is 87.7 cm³/mol. The first kappa shape index (κ1) is 18.4. The van der Waals surface area contributed by atoms with Crippen LogP contribution in [-0.2, 0) is 24.7 Å². The Morgan fingerprint density at radius 3 is 2.44 bits per heavy atom. The van der Waals surface area contributed by atoms with E-state index >= 15 is 0 Å². The first-order valence-electron chi connectivity index (χ1n) is 8.00. The lowest BCUT2D eigenvalue weighted by molar-refractivity contribution is -0.153. The van der Waals surface area contributed by atoms with Gasteiger partial charge in [0.25, 0.3) is 11.8 Å². The van der Waals surface area contributed by atoms with Gasteiger partial charge in [0.05, 0.1) is 5.92 Å². The summed E-state index contributed by atoms with van der Waals surface area (Å²) >= 11 is 0. The Hall–Kier alpha value is -2.90. The zero-order valence-electron chi connectivity index (χ0n) is 14.4. The smallest absolute Gasteiger partial charge is 0.344 e. The van der Waals surface area contributed by atoms with E-state index in [0.29, 0.717) is 17.0 Å². The number of nitrogens with one attached hydrogen (secondary N) is 2. The van der Waals surface area contributed by atoms with Crippen molar-refractivity contribution in [3.05, 3.63) is 35.9 Å². The Balaban J connectivity index is 2.10. The lowest BCUT2D eigenvalue weighted by Crippen LogP contribution is -2.49. The third-order valence-corrected chi connectivity index (χ3v) is 3.94. The Morgan fingerprint density at radius 1 is 1.24 bits per heavy atom. The van der Waals surface area contributed by atoms with E-state index in [2.05, 4.69) is 10.7 Å². The molecule has 1 atom stereocenters. The van der Waals surface area contributed by atoms with Crippen LogP contribution in [0.1, 0.15) is 32.8 Å². The second-order valence-corrected chi connectivity index (χ2v) is 5.99. The third-order valence-electron chi connectivity index (χ3n) is 3.94. The van der Waals surface area contributed by atoms with Crippen molar-refractivity contribution in [1.82, 2.24) is 15.8 Å². The summed E-state index contributed by atoms with van der Waals surface area (Å²) in [5, 5.41) is 3.26. The summed E-state index contributed by atoms with van der Waals surface area (Å²) in [7, 11) is 0. The SMILES string of the molecule is CC[C@]1(c2ccccc2)NC(=O)N(NC(=O)COC(=O)C(C)C)C1=O. The number of esters is 1. The van der Waals surface area contributed by atoms with Crippen molar-refractivity contribution >= 4 is 23.8 Å². The van der Waals surface area contributed by atoms with E-state index in [4.69, 9.17) is 4.74 Å². The van der Waals surface area contributed by atoms with Crippen molar-refractivity contribution in [2.45, 2.75) is 32.7 Å². The van der Waals surface area contributed by atoms with E-state index < -0.39 is 36.0 Å². The van der Waals surface area contributed by atoms with Gasteiger partial charge in [-0.1, -0.05) is 51.1 Å². The predicted octanol–water partition coefficient (Wildman–Crippen LogP) is 1.07. The standard InChI is InChI=1S/C17H21N3O5/c1-4-17(12-8-6-5-7-9-12)15(23)20(16(24)18-17)19-13(21)10-25-14(22)11(2)3/h5-9,11H,4,10H2,1-3H3,(H,18,24)(H,19,21)/t17-/m1/s1. The molecule has 0 bridgehead atoms. The van der Waals surface area contributed by atoms with Gasteiger partial charge in [-0.2, -0.15) is 5.01 Å². The van der Waals surface area contributed by atoms with Gasteiger partial charge in [0, 0.05) is 0 Å². The number of benzene rings is 1. The number of rotatable bonds is 6. The molecular formula is C17H21N3O5. The number of ether oxygens (including phenoxy) is 1. The number of imide groups is 1. The number of nitrogens with zero attached hydrogens (tertiary/aromatic N) is 1. The highest BCUT2D eigenvalue weighted by Gasteiger charge is 2.52. The first-order chi connectivity index (χ1) is 11.8. The average Bonchev–Trinajstić information content (AvgIpc) is 2.85. The molecule has 4 amide bonds. The van der Waals surface area contributed by atoms with Crippen LogP contribution >= 0.6 is 0 Å². The van der Waals surface area contributed by atoms with Gasteiger partial charge in [-0.3, -0.25) is 19.8 Å². The molecule has 8 heteroatoms. The topological polar surface area (TPSA) is 105 Å². The van der Waals surface area contributed by atoms with Crippen LogP contribution in [0.3, 0.4) is 0 Å². The van der Waals surface area contributed by atoms with Crippen molar-refractivity contribution in [2.75, 3.05) is 6.61 Å². The highest BCUT2D eigenvalue weighted by atomic mass is 16.5. The lowest BCUT2D eigenvalue weighted by atomic mass is 9.87. The van der Waals surface area contributed by atoms with Crippen LogP contribution in [-0.4, -0.2) is 35.4 Å². The fourth-order valence-corrected chi connectivity index (χ4v) is 2.50. The molecule has 134 valence electrons. The number of urea groups is 1. The zero-order chi connectivity index (χ0) is 18.6. The molecule has 25 heavy (non-hydrogen) atoms. The minimum absolute atomic E-state index is 0.316. The number of hydrazine groups is 1. The molecule has 0 spiro atoms. The van der Waals surface area contributed by atoms with Gasteiger partial charge < -0.3 is 10.1 Å². The molecule has 1 heterocycles. The second-order valence-electron chi connectivity index (χ2n) is 5.99. The quantitative estimate of drug-likeness (QED) is 0.592. The molecule has 0 radical (unpaired) electrons. The molecule has 1 aliphatic heterocycles. The summed E-state index contributed by atoms with van der Waals surface area (Å²) in [6.07, 6.45) is 0.316. The lowest BCUT2D eigenvalue weighted by Gasteiger charge is -2.25. The largest absolute Gasteiger partial charge is 0.455 e. The molecule has 0 aliphatic carbocycles. The van der Waals surface area contributed by atoms with E-state index in [1.807, 2.05) is 0 Å². The van der Waals surface area contributed by atoms with Crippen LogP contribution in [0.15, 0.2) is 30.3 Å². The fraction of sp³-hybridized carbons (Fsp3) is 0.412. The van der Waals surface area contributed by atoms with Crippen molar-refractivity contribution in [3.8, 4) is 0 Å². The van der Waals surface area contributed by atoms with E-state index in [1.165, 1.54) is 0 Å². The molecule has 2 N–H and O–H groups in total. The monoisotopic (exact) mass is 347 g/mol. The number of carbonyl (C=O) groups excluding carboxylic acids is 4. The van der Waals surface area contributed by atoms with Crippen molar-refractivity contribution in [3.63, 3.8) is 0 Å². The molecule has 8 nitrogen and oxygen atoms in total. The van der Waals surface area contributed by atoms with Gasteiger partial charge in [-0.15, -0.1) is 0 Å². The summed E-state index contributed by atoms with van der Waals surface area (Å²) in [5.41, 5.74) is 1.58. The Labute approximate surface area is 145 Å². The van der Waals surface area contributed by atoms with Gasteiger partial charge in [0.15, 0.2) is 6.61 Å². The Bertz CT molecular complexity index is 689. The van der Waals surface area contributed by atoms with E-state index in [1.54, 1.807) is 51.1 Å². The molecule has 0 unspecified atom stereocenters. The van der Waals surface area contributed by atoms with Crippen LogP contribution in [0.4, 0.5) is 4.79 Å². The maximum absolute atomic E-state index is 12.8. The fourth-order valence-electron chi connectivity index (χ4n) is 2.50. The molecule has 1 fully saturated rings. The summed E-state index contributed by atoms with van der Waals surface area (Å²) < 4.78 is 4.79. The zero-order valence-corrected chi connectivity index (χ0v) is 14.4. The highest BCUT2D eigenvalue weighted by Crippen LogP contribution is 2.31. The average molecular weight is 347 g/mol. The van der Waals surface area contributed by atoms with E-state index in [0.717, 1.165) is 0 Å². The number of hydrogen-bond acceptors (Lipinski definition) is 5. The van der Waals surface area contributed by atoms with Crippen LogP contribution in [0.2, 0.25) is 0 Å². The summed E-state index contributed by atoms with van der Waals surface area (Å²) in [4.78, 5) is 48.2. The minimum Gasteiger partial charge on any atom is -0.455 e.